The number of nitrogens with one attached hydrogen (secondary N) is 2. The van der Waals surface area contributed by atoms with E-state index in [0.29, 0.717) is 0 Å². The number of carbonyl (C=O) groups is 1. The first-order valence-electron chi connectivity index (χ1n) is 9.99. The van der Waals surface area contributed by atoms with Crippen molar-refractivity contribution in [3.8, 4) is 22.4 Å². The highest BCUT2D eigenvalue weighted by Gasteiger charge is 2.25. The van der Waals surface area contributed by atoms with E-state index in [0.717, 1.165) is 51.5 Å². The molecular formula is C26H24N2OS. The van der Waals surface area contributed by atoms with Gasteiger partial charge in [-0.05, 0) is 41.7 Å². The number of hydrogen-bond acceptors (Lipinski definition) is 2. The fourth-order valence-electron chi connectivity index (χ4n) is 3.62. The molecule has 0 saturated carbocycles. The second-order valence-electron chi connectivity index (χ2n) is 7.02. The first-order chi connectivity index (χ1) is 14.8. The predicted molar refractivity (Wildman–Crippen MR) is 128 cm³/mol. The molecule has 0 radical (unpaired) electrons. The van der Waals surface area contributed by atoms with E-state index >= 15 is 0 Å². The number of para-hydroxylation sites is 1. The molecule has 0 bridgehead atoms. The Labute approximate surface area is 181 Å². The normalized spacial score (nSPS) is 10.7. The van der Waals surface area contributed by atoms with E-state index in [1.807, 2.05) is 66.7 Å². The van der Waals surface area contributed by atoms with Crippen LogP contribution in [0.5, 0.6) is 0 Å². The van der Waals surface area contributed by atoms with Crippen LogP contribution in [-0.2, 0) is 6.42 Å². The molecule has 4 aromatic rings. The Hall–Kier alpha value is -3.24. The molecule has 0 saturated heterocycles. The predicted octanol–water partition coefficient (Wildman–Crippen LogP) is 6.51. The van der Waals surface area contributed by atoms with Crippen LogP contribution in [0.1, 0.15) is 16.1 Å². The number of aromatic nitrogens is 1. The zero-order valence-electron chi connectivity index (χ0n) is 16.9. The van der Waals surface area contributed by atoms with Crippen molar-refractivity contribution in [1.82, 2.24) is 4.98 Å². The zero-order chi connectivity index (χ0) is 20.8. The van der Waals surface area contributed by atoms with Crippen molar-refractivity contribution in [2.24, 2.45) is 0 Å². The summed E-state index contributed by atoms with van der Waals surface area (Å²) in [6.45, 7) is 0. The van der Waals surface area contributed by atoms with Crippen LogP contribution < -0.4 is 5.32 Å². The van der Waals surface area contributed by atoms with Crippen LogP contribution in [0.2, 0.25) is 0 Å². The molecule has 4 rings (SSSR count). The first-order valence-corrected chi connectivity index (χ1v) is 11.4. The molecule has 1 heterocycles. The van der Waals surface area contributed by atoms with Gasteiger partial charge in [-0.2, -0.15) is 11.8 Å². The molecule has 1 aromatic heterocycles. The summed E-state index contributed by atoms with van der Waals surface area (Å²) in [6.07, 6.45) is 2.88. The van der Waals surface area contributed by atoms with Gasteiger partial charge in [0.1, 0.15) is 0 Å². The standard InChI is InChI=1S/C26H24N2OS/c1-30-18-17-22-24(26(29)27-21-15-9-4-10-16-21)23(19-11-5-2-6-12-19)25(28-22)20-13-7-3-8-14-20/h2-16,28H,17-18H2,1H3,(H,27,29). The number of H-pyrrole nitrogens is 1. The van der Waals surface area contributed by atoms with Gasteiger partial charge in [0, 0.05) is 16.9 Å². The summed E-state index contributed by atoms with van der Waals surface area (Å²) in [4.78, 5) is 17.1. The van der Waals surface area contributed by atoms with Crippen LogP contribution in [0, 0.1) is 0 Å². The van der Waals surface area contributed by atoms with Crippen molar-refractivity contribution in [2.75, 3.05) is 17.3 Å². The summed E-state index contributed by atoms with van der Waals surface area (Å²) in [5.41, 5.74) is 6.51. The quantitative estimate of drug-likeness (QED) is 0.364. The van der Waals surface area contributed by atoms with Crippen LogP contribution in [0.3, 0.4) is 0 Å². The lowest BCUT2D eigenvalue weighted by molar-refractivity contribution is 0.102. The molecule has 0 fully saturated rings. The van der Waals surface area contributed by atoms with Gasteiger partial charge in [0.2, 0.25) is 0 Å². The molecule has 0 aliphatic heterocycles. The number of carbonyl (C=O) groups excluding carboxylic acids is 1. The van der Waals surface area contributed by atoms with Crippen LogP contribution in [0.4, 0.5) is 5.69 Å². The molecule has 150 valence electrons. The number of thioether (sulfide) groups is 1. The fourth-order valence-corrected chi connectivity index (χ4v) is 4.03. The largest absolute Gasteiger partial charge is 0.357 e. The third-order valence-corrected chi connectivity index (χ3v) is 5.63. The molecule has 2 N–H and O–H groups in total. The number of aromatic amines is 1. The molecular weight excluding hydrogens is 388 g/mol. The molecule has 0 aliphatic carbocycles. The number of benzene rings is 3. The Bertz CT molecular complexity index is 1110. The van der Waals surface area contributed by atoms with E-state index in [2.05, 4.69) is 40.8 Å². The Balaban J connectivity index is 1.89. The number of hydrogen-bond donors (Lipinski definition) is 2. The average molecular weight is 413 g/mol. The van der Waals surface area contributed by atoms with Crippen molar-refractivity contribution >= 4 is 23.4 Å². The van der Waals surface area contributed by atoms with Crippen molar-refractivity contribution in [2.45, 2.75) is 6.42 Å². The maximum absolute atomic E-state index is 13.5. The summed E-state index contributed by atoms with van der Waals surface area (Å²) in [7, 11) is 0. The molecule has 3 nitrogen and oxygen atoms in total. The molecule has 0 spiro atoms. The average Bonchev–Trinajstić information content (AvgIpc) is 3.19. The first kappa shape index (κ1) is 20.0. The van der Waals surface area contributed by atoms with Crippen LogP contribution >= 0.6 is 11.8 Å². The summed E-state index contributed by atoms with van der Waals surface area (Å²) in [6, 6.07) is 30.0. The Kier molecular flexibility index (Phi) is 6.35. The second kappa shape index (κ2) is 9.51. The van der Waals surface area contributed by atoms with Crippen molar-refractivity contribution in [3.05, 3.63) is 102 Å². The topological polar surface area (TPSA) is 44.9 Å². The molecule has 3 aromatic carbocycles. The minimum atomic E-state index is -0.0883. The van der Waals surface area contributed by atoms with Gasteiger partial charge >= 0.3 is 0 Å². The highest BCUT2D eigenvalue weighted by molar-refractivity contribution is 7.98. The highest BCUT2D eigenvalue weighted by atomic mass is 32.2. The van der Waals surface area contributed by atoms with Crippen LogP contribution in [0.15, 0.2) is 91.0 Å². The highest BCUT2D eigenvalue weighted by Crippen LogP contribution is 2.37. The number of amides is 1. The van der Waals surface area contributed by atoms with Crippen molar-refractivity contribution < 1.29 is 4.79 Å². The molecule has 0 unspecified atom stereocenters. The van der Waals surface area contributed by atoms with E-state index in [9.17, 15) is 4.79 Å². The van der Waals surface area contributed by atoms with Crippen LogP contribution in [-0.4, -0.2) is 22.9 Å². The monoisotopic (exact) mass is 412 g/mol. The molecule has 4 heteroatoms. The Morgan fingerprint density at radius 1 is 0.833 bits per heavy atom. The van der Waals surface area contributed by atoms with E-state index < -0.39 is 0 Å². The molecule has 1 amide bonds. The second-order valence-corrected chi connectivity index (χ2v) is 8.01. The Morgan fingerprint density at radius 2 is 1.40 bits per heavy atom. The van der Waals surface area contributed by atoms with E-state index in [1.54, 1.807) is 11.8 Å². The van der Waals surface area contributed by atoms with Gasteiger partial charge in [0.15, 0.2) is 0 Å². The van der Waals surface area contributed by atoms with Gasteiger partial charge in [-0.3, -0.25) is 4.79 Å². The zero-order valence-corrected chi connectivity index (χ0v) is 17.7. The maximum atomic E-state index is 13.5. The van der Waals surface area contributed by atoms with Gasteiger partial charge in [-0.25, -0.2) is 0 Å². The van der Waals surface area contributed by atoms with Gasteiger partial charge in [0.25, 0.3) is 5.91 Å². The summed E-state index contributed by atoms with van der Waals surface area (Å²) in [5, 5.41) is 3.08. The smallest absolute Gasteiger partial charge is 0.258 e. The summed E-state index contributed by atoms with van der Waals surface area (Å²) >= 11 is 1.78. The summed E-state index contributed by atoms with van der Waals surface area (Å²) < 4.78 is 0. The lowest BCUT2D eigenvalue weighted by atomic mass is 9.96. The lowest BCUT2D eigenvalue weighted by Gasteiger charge is -2.10. The van der Waals surface area contributed by atoms with E-state index in [4.69, 9.17) is 0 Å². The third-order valence-electron chi connectivity index (χ3n) is 5.02. The van der Waals surface area contributed by atoms with Gasteiger partial charge < -0.3 is 10.3 Å². The van der Waals surface area contributed by atoms with Gasteiger partial charge in [0.05, 0.1) is 11.3 Å². The third kappa shape index (κ3) is 4.34. The van der Waals surface area contributed by atoms with Crippen molar-refractivity contribution in [3.63, 3.8) is 0 Å². The minimum Gasteiger partial charge on any atom is -0.357 e. The van der Waals surface area contributed by atoms with E-state index in [-0.39, 0.29) is 5.91 Å². The van der Waals surface area contributed by atoms with Crippen molar-refractivity contribution in [1.29, 1.82) is 0 Å². The SMILES string of the molecule is CSCCc1[nH]c(-c2ccccc2)c(-c2ccccc2)c1C(=O)Nc1ccccc1. The number of rotatable bonds is 7. The van der Waals surface area contributed by atoms with E-state index in [1.165, 1.54) is 0 Å². The van der Waals surface area contributed by atoms with Gasteiger partial charge in [-0.1, -0.05) is 78.9 Å². The van der Waals surface area contributed by atoms with Gasteiger partial charge in [-0.15, -0.1) is 0 Å². The number of anilines is 1. The molecule has 0 aliphatic rings. The fraction of sp³-hybridized carbons (Fsp3) is 0.115. The number of aryl methyl sites for hydroxylation is 1. The van der Waals surface area contributed by atoms with Crippen LogP contribution in [0.25, 0.3) is 22.4 Å². The Morgan fingerprint density at radius 3 is 2.00 bits per heavy atom. The summed E-state index contributed by atoms with van der Waals surface area (Å²) in [5.74, 6) is 0.851. The minimum absolute atomic E-state index is 0.0883. The molecule has 0 atom stereocenters. The molecule has 30 heavy (non-hydrogen) atoms. The maximum Gasteiger partial charge on any atom is 0.258 e. The lowest BCUT2D eigenvalue weighted by Crippen LogP contribution is -2.14.